The van der Waals surface area contributed by atoms with Crippen LogP contribution in [0.25, 0.3) is 21.9 Å². The average molecular weight is 456 g/mol. The third kappa shape index (κ3) is 4.84. The predicted octanol–water partition coefficient (Wildman–Crippen LogP) is 0.999. The normalized spacial score (nSPS) is 12.1. The number of furan rings is 1. The van der Waals surface area contributed by atoms with Crippen LogP contribution in [-0.4, -0.2) is 30.5 Å². The first-order valence-corrected chi connectivity index (χ1v) is 10.5. The van der Waals surface area contributed by atoms with E-state index in [1.54, 1.807) is 13.8 Å². The zero-order valence-corrected chi connectivity index (χ0v) is 18.9. The van der Waals surface area contributed by atoms with Gasteiger partial charge in [0.1, 0.15) is 16.9 Å². The highest BCUT2D eigenvalue weighted by molar-refractivity contribution is 6.00. The first-order valence-electron chi connectivity index (χ1n) is 10.5. The van der Waals surface area contributed by atoms with Gasteiger partial charge in [-0.1, -0.05) is 0 Å². The molecule has 4 N–H and O–H groups in total. The van der Waals surface area contributed by atoms with Gasteiger partial charge in [0.05, 0.1) is 24.0 Å². The summed E-state index contributed by atoms with van der Waals surface area (Å²) in [5.41, 5.74) is 7.71. The number of primary amides is 1. The van der Waals surface area contributed by atoms with Crippen molar-refractivity contribution >= 4 is 39.8 Å². The predicted molar refractivity (Wildman–Crippen MR) is 119 cm³/mol. The molecule has 10 nitrogen and oxygen atoms in total. The Bertz CT molecular complexity index is 1320. The SMILES string of the molecule is Cc1oc2c(C)c3oc(=O)c(CC(=O)N[C@@H](CCCNC(N)=O)C(=O)[O-])c(C)c3cc2c1C. The molecule has 0 spiro atoms. The zero-order valence-electron chi connectivity index (χ0n) is 18.9. The topological polar surface area (TPSA) is 168 Å². The number of carbonyl (C=O) groups is 3. The number of nitrogens with two attached hydrogens (primary N) is 1. The second-order valence-electron chi connectivity index (χ2n) is 8.08. The Hall–Kier alpha value is -3.82. The molecule has 0 fully saturated rings. The van der Waals surface area contributed by atoms with Crippen molar-refractivity contribution in [1.29, 1.82) is 0 Å². The Balaban J connectivity index is 1.87. The molecule has 0 bridgehead atoms. The molecule has 33 heavy (non-hydrogen) atoms. The standard InChI is InChI=1S/C23H27N3O7/c1-10-13(4)32-19-12(3)20-15(8-14(10)19)11(2)16(22(30)33-20)9-18(27)26-17(21(28)29)6-5-7-25-23(24)31/h8,17H,5-7,9H2,1-4H3,(H,26,27)(H,28,29)(H3,24,25,31)/p-1/t17-/m0/s1. The summed E-state index contributed by atoms with van der Waals surface area (Å²) < 4.78 is 11.4. The number of urea groups is 1. The highest BCUT2D eigenvalue weighted by Gasteiger charge is 2.21. The molecule has 176 valence electrons. The number of nitrogens with one attached hydrogen (secondary N) is 2. The molecule has 2 aromatic heterocycles. The second kappa shape index (κ2) is 9.35. The molecule has 1 atom stereocenters. The summed E-state index contributed by atoms with van der Waals surface area (Å²) in [6.07, 6.45) is -0.0678. The lowest BCUT2D eigenvalue weighted by Gasteiger charge is -2.20. The molecular weight excluding hydrogens is 430 g/mol. The van der Waals surface area contributed by atoms with Gasteiger partial charge in [0.15, 0.2) is 0 Å². The largest absolute Gasteiger partial charge is 0.548 e. The van der Waals surface area contributed by atoms with Crippen molar-refractivity contribution in [2.24, 2.45) is 5.73 Å². The van der Waals surface area contributed by atoms with Gasteiger partial charge in [-0.3, -0.25) is 4.79 Å². The van der Waals surface area contributed by atoms with Crippen LogP contribution in [-0.2, 0) is 16.0 Å². The molecule has 3 rings (SSSR count). The van der Waals surface area contributed by atoms with E-state index >= 15 is 0 Å². The van der Waals surface area contributed by atoms with Crippen LogP contribution in [0, 0.1) is 27.7 Å². The van der Waals surface area contributed by atoms with Crippen LogP contribution in [0.15, 0.2) is 19.7 Å². The van der Waals surface area contributed by atoms with E-state index in [0.29, 0.717) is 27.7 Å². The molecule has 0 saturated carbocycles. The third-order valence-electron chi connectivity index (χ3n) is 5.87. The maximum absolute atomic E-state index is 12.7. The van der Waals surface area contributed by atoms with E-state index in [0.717, 1.165) is 16.7 Å². The molecule has 3 amide bonds. The highest BCUT2D eigenvalue weighted by Crippen LogP contribution is 2.34. The molecule has 10 heteroatoms. The van der Waals surface area contributed by atoms with E-state index in [4.69, 9.17) is 14.6 Å². The molecule has 0 saturated heterocycles. The van der Waals surface area contributed by atoms with Gasteiger partial charge < -0.3 is 35.1 Å². The van der Waals surface area contributed by atoms with E-state index in [9.17, 15) is 24.3 Å². The number of carboxylic acids is 1. The lowest BCUT2D eigenvalue weighted by atomic mass is 9.98. The number of carbonyl (C=O) groups excluding carboxylic acids is 3. The summed E-state index contributed by atoms with van der Waals surface area (Å²) in [4.78, 5) is 47.3. The van der Waals surface area contributed by atoms with Gasteiger partial charge in [-0.15, -0.1) is 0 Å². The maximum atomic E-state index is 12.7. The fourth-order valence-corrected chi connectivity index (χ4v) is 3.87. The summed E-state index contributed by atoms with van der Waals surface area (Å²) in [6, 6.07) is -0.131. The van der Waals surface area contributed by atoms with Crippen LogP contribution in [0.5, 0.6) is 0 Å². The van der Waals surface area contributed by atoms with Gasteiger partial charge >= 0.3 is 11.7 Å². The van der Waals surface area contributed by atoms with Crippen LogP contribution < -0.4 is 27.1 Å². The molecule has 0 aliphatic rings. The van der Waals surface area contributed by atoms with Crippen molar-refractivity contribution in [1.82, 2.24) is 10.6 Å². The van der Waals surface area contributed by atoms with Crippen LogP contribution in [0.4, 0.5) is 4.79 Å². The van der Waals surface area contributed by atoms with Crippen molar-refractivity contribution < 1.29 is 28.3 Å². The van der Waals surface area contributed by atoms with E-state index in [2.05, 4.69) is 10.6 Å². The number of rotatable bonds is 8. The van der Waals surface area contributed by atoms with Gasteiger partial charge in [0.25, 0.3) is 0 Å². The smallest absolute Gasteiger partial charge is 0.340 e. The van der Waals surface area contributed by atoms with E-state index in [1.807, 2.05) is 19.9 Å². The number of fused-ring (bicyclic) bond motifs is 2. The van der Waals surface area contributed by atoms with Gasteiger partial charge in [-0.25, -0.2) is 9.59 Å². The molecule has 1 aromatic carbocycles. The number of hydrogen-bond acceptors (Lipinski definition) is 7. The Morgan fingerprint density at radius 3 is 2.30 bits per heavy atom. The Morgan fingerprint density at radius 2 is 1.67 bits per heavy atom. The molecule has 0 aliphatic carbocycles. The Labute approximate surface area is 189 Å². The van der Waals surface area contributed by atoms with Crippen molar-refractivity contribution in [3.05, 3.63) is 44.5 Å². The first-order chi connectivity index (χ1) is 15.5. The molecule has 3 aromatic rings. The Morgan fingerprint density at radius 1 is 1.03 bits per heavy atom. The highest BCUT2D eigenvalue weighted by atomic mass is 16.4. The number of hydrogen-bond donors (Lipinski definition) is 3. The summed E-state index contributed by atoms with van der Waals surface area (Å²) >= 11 is 0. The van der Waals surface area contributed by atoms with Crippen LogP contribution in [0.2, 0.25) is 0 Å². The lowest BCUT2D eigenvalue weighted by molar-refractivity contribution is -0.308. The summed E-state index contributed by atoms with van der Waals surface area (Å²) in [5.74, 6) is -1.36. The lowest BCUT2D eigenvalue weighted by Crippen LogP contribution is -2.48. The molecule has 0 aliphatic heterocycles. The van der Waals surface area contributed by atoms with Gasteiger partial charge in [0, 0.05) is 22.9 Å². The van der Waals surface area contributed by atoms with Crippen LogP contribution in [0.1, 0.15) is 40.9 Å². The van der Waals surface area contributed by atoms with Gasteiger partial charge in [-0.2, -0.15) is 0 Å². The van der Waals surface area contributed by atoms with E-state index in [-0.39, 0.29) is 31.4 Å². The maximum Gasteiger partial charge on any atom is 0.340 e. The van der Waals surface area contributed by atoms with E-state index < -0.39 is 29.6 Å². The minimum atomic E-state index is -1.46. The van der Waals surface area contributed by atoms with Crippen molar-refractivity contribution in [2.45, 2.75) is 53.0 Å². The quantitative estimate of drug-likeness (QED) is 0.335. The van der Waals surface area contributed by atoms with Crippen molar-refractivity contribution in [3.63, 3.8) is 0 Å². The Kier molecular flexibility index (Phi) is 6.75. The van der Waals surface area contributed by atoms with Gasteiger partial charge in [0.2, 0.25) is 5.91 Å². The molecular formula is C23H26N3O7-. The number of aliphatic carboxylic acids is 1. The number of benzene rings is 1. The minimum Gasteiger partial charge on any atom is -0.548 e. The van der Waals surface area contributed by atoms with Crippen LogP contribution in [0.3, 0.4) is 0 Å². The van der Waals surface area contributed by atoms with Crippen molar-refractivity contribution in [2.75, 3.05) is 6.54 Å². The van der Waals surface area contributed by atoms with E-state index in [1.165, 1.54) is 0 Å². The van der Waals surface area contributed by atoms with Gasteiger partial charge in [-0.05, 0) is 57.7 Å². The molecule has 0 radical (unpaired) electrons. The molecule has 2 heterocycles. The minimum absolute atomic E-state index is 0.0238. The number of amides is 3. The monoisotopic (exact) mass is 456 g/mol. The fourth-order valence-electron chi connectivity index (χ4n) is 3.87. The summed E-state index contributed by atoms with van der Waals surface area (Å²) in [6.45, 7) is 7.48. The first kappa shape index (κ1) is 23.8. The van der Waals surface area contributed by atoms with Crippen molar-refractivity contribution in [3.8, 4) is 0 Å². The fraction of sp³-hybridized carbons (Fsp3) is 0.391. The number of aryl methyl sites for hydroxylation is 4. The summed E-state index contributed by atoms with van der Waals surface area (Å²) in [5, 5.41) is 17.7. The molecule has 0 unspecified atom stereocenters. The zero-order chi connectivity index (χ0) is 24.4. The average Bonchev–Trinajstić information content (AvgIpc) is 3.02. The number of carboxylic acid groups (broad SMARTS) is 1. The van der Waals surface area contributed by atoms with Crippen LogP contribution >= 0.6 is 0 Å². The second-order valence-corrected chi connectivity index (χ2v) is 8.08. The summed E-state index contributed by atoms with van der Waals surface area (Å²) in [7, 11) is 0. The third-order valence-corrected chi connectivity index (χ3v) is 5.87.